The predicted octanol–water partition coefficient (Wildman–Crippen LogP) is 3.37. The van der Waals surface area contributed by atoms with Crippen LogP contribution in [0.1, 0.15) is 6.42 Å². The topological polar surface area (TPSA) is 78.3 Å². The molecule has 28 heavy (non-hydrogen) atoms. The van der Waals surface area contributed by atoms with Crippen LogP contribution < -0.4 is 14.8 Å². The van der Waals surface area contributed by atoms with Crippen molar-refractivity contribution in [2.75, 3.05) is 24.3 Å². The van der Waals surface area contributed by atoms with Crippen molar-refractivity contribution in [3.63, 3.8) is 0 Å². The summed E-state index contributed by atoms with van der Waals surface area (Å²) in [6, 6.07) is 15.3. The minimum absolute atomic E-state index is 0.122. The van der Waals surface area contributed by atoms with E-state index >= 15 is 0 Å². The van der Waals surface area contributed by atoms with Crippen LogP contribution in [-0.4, -0.2) is 39.6 Å². The fourth-order valence-electron chi connectivity index (χ4n) is 2.85. The molecule has 1 amide bonds. The standard InChI is InChI=1S/C20H20N4O3S/c1-24-19(14-6-3-2-4-7-14)22-23-20(24)28-13-18(25)21-15-8-9-16-17(12-15)27-11-5-10-26-16/h2-4,6-9,12H,5,10-11,13H2,1H3,(H,21,25). The molecule has 2 aromatic carbocycles. The second-order valence-corrected chi connectivity index (χ2v) is 7.22. The molecule has 4 rings (SSSR count). The molecule has 8 heteroatoms. The lowest BCUT2D eigenvalue weighted by atomic mass is 10.2. The van der Waals surface area contributed by atoms with E-state index < -0.39 is 0 Å². The highest BCUT2D eigenvalue weighted by Crippen LogP contribution is 2.32. The van der Waals surface area contributed by atoms with E-state index in [2.05, 4.69) is 15.5 Å². The summed E-state index contributed by atoms with van der Waals surface area (Å²) in [5.41, 5.74) is 1.67. The van der Waals surface area contributed by atoms with Gasteiger partial charge in [-0.2, -0.15) is 0 Å². The van der Waals surface area contributed by atoms with Gasteiger partial charge in [0.25, 0.3) is 0 Å². The molecule has 3 aromatic rings. The molecule has 2 heterocycles. The number of benzene rings is 2. The highest BCUT2D eigenvalue weighted by molar-refractivity contribution is 7.99. The Hall–Kier alpha value is -3.00. The number of aromatic nitrogens is 3. The molecule has 1 aromatic heterocycles. The van der Waals surface area contributed by atoms with Crippen LogP contribution in [0.25, 0.3) is 11.4 Å². The van der Waals surface area contributed by atoms with Crippen molar-refractivity contribution >= 4 is 23.4 Å². The Balaban J connectivity index is 1.38. The fourth-order valence-corrected chi connectivity index (χ4v) is 3.56. The Morgan fingerprint density at radius 3 is 2.71 bits per heavy atom. The van der Waals surface area contributed by atoms with E-state index in [0.717, 1.165) is 17.8 Å². The molecule has 0 unspecified atom stereocenters. The molecule has 7 nitrogen and oxygen atoms in total. The molecule has 0 saturated carbocycles. The van der Waals surface area contributed by atoms with Gasteiger partial charge in [-0.05, 0) is 12.1 Å². The number of nitrogens with zero attached hydrogens (tertiary/aromatic N) is 3. The summed E-state index contributed by atoms with van der Waals surface area (Å²) in [7, 11) is 1.90. The van der Waals surface area contributed by atoms with E-state index in [0.29, 0.717) is 35.6 Å². The van der Waals surface area contributed by atoms with Crippen molar-refractivity contribution in [2.24, 2.45) is 7.05 Å². The summed E-state index contributed by atoms with van der Waals surface area (Å²) in [6.07, 6.45) is 0.843. The molecule has 1 aliphatic rings. The van der Waals surface area contributed by atoms with Crippen LogP contribution in [0.5, 0.6) is 11.5 Å². The smallest absolute Gasteiger partial charge is 0.234 e. The molecule has 0 radical (unpaired) electrons. The van der Waals surface area contributed by atoms with Gasteiger partial charge in [0.05, 0.1) is 19.0 Å². The lowest BCUT2D eigenvalue weighted by Gasteiger charge is -2.10. The molecule has 0 bridgehead atoms. The first-order valence-corrected chi connectivity index (χ1v) is 9.96. The minimum atomic E-state index is -0.122. The SMILES string of the molecule is Cn1c(SCC(=O)Nc2ccc3c(c2)OCCCO3)nnc1-c1ccccc1. The molecule has 0 spiro atoms. The van der Waals surface area contributed by atoms with Crippen LogP contribution >= 0.6 is 11.8 Å². The Bertz CT molecular complexity index is 975. The van der Waals surface area contributed by atoms with Gasteiger partial charge in [-0.3, -0.25) is 4.79 Å². The van der Waals surface area contributed by atoms with Crippen molar-refractivity contribution in [3.05, 3.63) is 48.5 Å². The number of nitrogens with one attached hydrogen (secondary N) is 1. The number of fused-ring (bicyclic) bond motifs is 1. The van der Waals surface area contributed by atoms with E-state index in [4.69, 9.17) is 9.47 Å². The maximum absolute atomic E-state index is 12.3. The summed E-state index contributed by atoms with van der Waals surface area (Å²) in [4.78, 5) is 12.3. The Morgan fingerprint density at radius 2 is 1.89 bits per heavy atom. The van der Waals surface area contributed by atoms with Gasteiger partial charge in [-0.25, -0.2) is 0 Å². The lowest BCUT2D eigenvalue weighted by molar-refractivity contribution is -0.113. The second-order valence-electron chi connectivity index (χ2n) is 6.28. The quantitative estimate of drug-likeness (QED) is 0.666. The van der Waals surface area contributed by atoms with Crippen molar-refractivity contribution in [3.8, 4) is 22.9 Å². The molecule has 0 fully saturated rings. The third-order valence-corrected chi connectivity index (χ3v) is 5.25. The number of hydrogen-bond donors (Lipinski definition) is 1. The number of ether oxygens (including phenoxy) is 2. The number of thioether (sulfide) groups is 1. The number of hydrogen-bond acceptors (Lipinski definition) is 6. The van der Waals surface area contributed by atoms with Gasteiger partial charge in [0.15, 0.2) is 22.5 Å². The van der Waals surface area contributed by atoms with Gasteiger partial charge in [0.2, 0.25) is 5.91 Å². The zero-order chi connectivity index (χ0) is 19.3. The van der Waals surface area contributed by atoms with Crippen LogP contribution in [0.2, 0.25) is 0 Å². The van der Waals surface area contributed by atoms with Crippen LogP contribution in [0.3, 0.4) is 0 Å². The zero-order valence-electron chi connectivity index (χ0n) is 15.4. The van der Waals surface area contributed by atoms with Crippen molar-refractivity contribution < 1.29 is 14.3 Å². The monoisotopic (exact) mass is 396 g/mol. The first-order valence-electron chi connectivity index (χ1n) is 8.98. The van der Waals surface area contributed by atoms with Gasteiger partial charge >= 0.3 is 0 Å². The summed E-state index contributed by atoms with van der Waals surface area (Å²) in [5, 5.41) is 12.0. The molecule has 0 aliphatic carbocycles. The Kier molecular flexibility index (Phi) is 5.48. The summed E-state index contributed by atoms with van der Waals surface area (Å²) < 4.78 is 13.2. The molecule has 1 aliphatic heterocycles. The normalized spacial score (nSPS) is 13.0. The van der Waals surface area contributed by atoms with Crippen LogP contribution in [0.15, 0.2) is 53.7 Å². The highest BCUT2D eigenvalue weighted by Gasteiger charge is 2.14. The van der Waals surface area contributed by atoms with Crippen molar-refractivity contribution in [1.29, 1.82) is 0 Å². The van der Waals surface area contributed by atoms with Crippen LogP contribution in [0.4, 0.5) is 5.69 Å². The molecular weight excluding hydrogens is 376 g/mol. The molecule has 144 valence electrons. The Labute approximate surface area is 167 Å². The summed E-state index contributed by atoms with van der Waals surface area (Å²) in [6.45, 7) is 1.24. The predicted molar refractivity (Wildman–Crippen MR) is 108 cm³/mol. The fraction of sp³-hybridized carbons (Fsp3) is 0.250. The van der Waals surface area contributed by atoms with Gasteiger partial charge in [0, 0.05) is 30.8 Å². The molecular formula is C20H20N4O3S. The number of anilines is 1. The van der Waals surface area contributed by atoms with E-state index in [1.54, 1.807) is 6.07 Å². The van der Waals surface area contributed by atoms with Gasteiger partial charge in [0.1, 0.15) is 0 Å². The van der Waals surface area contributed by atoms with Crippen LogP contribution in [0, 0.1) is 0 Å². The molecule has 0 atom stereocenters. The lowest BCUT2D eigenvalue weighted by Crippen LogP contribution is -2.14. The number of carbonyl (C=O) groups is 1. The summed E-state index contributed by atoms with van der Waals surface area (Å²) >= 11 is 1.34. The van der Waals surface area contributed by atoms with E-state index in [9.17, 15) is 4.79 Å². The highest BCUT2D eigenvalue weighted by atomic mass is 32.2. The van der Waals surface area contributed by atoms with E-state index in [1.807, 2.05) is 54.1 Å². The molecule has 1 N–H and O–H groups in total. The van der Waals surface area contributed by atoms with Crippen molar-refractivity contribution in [2.45, 2.75) is 11.6 Å². The number of rotatable bonds is 5. The van der Waals surface area contributed by atoms with Gasteiger partial charge in [-0.1, -0.05) is 42.1 Å². The maximum Gasteiger partial charge on any atom is 0.234 e. The first-order chi connectivity index (χ1) is 13.7. The third-order valence-electron chi connectivity index (χ3n) is 4.23. The average molecular weight is 396 g/mol. The average Bonchev–Trinajstić information content (AvgIpc) is 2.92. The van der Waals surface area contributed by atoms with Crippen LogP contribution in [-0.2, 0) is 11.8 Å². The second kappa shape index (κ2) is 8.35. The number of carbonyl (C=O) groups excluding carboxylic acids is 1. The maximum atomic E-state index is 12.3. The third kappa shape index (κ3) is 4.12. The van der Waals surface area contributed by atoms with Gasteiger partial charge in [-0.15, -0.1) is 10.2 Å². The Morgan fingerprint density at radius 1 is 1.11 bits per heavy atom. The summed E-state index contributed by atoms with van der Waals surface area (Å²) in [5.74, 6) is 2.24. The minimum Gasteiger partial charge on any atom is -0.490 e. The van der Waals surface area contributed by atoms with Crippen molar-refractivity contribution in [1.82, 2.24) is 14.8 Å². The van der Waals surface area contributed by atoms with E-state index in [-0.39, 0.29) is 11.7 Å². The van der Waals surface area contributed by atoms with E-state index in [1.165, 1.54) is 11.8 Å². The number of amides is 1. The largest absolute Gasteiger partial charge is 0.490 e. The van der Waals surface area contributed by atoms with Gasteiger partial charge < -0.3 is 19.4 Å². The zero-order valence-corrected chi connectivity index (χ0v) is 16.2. The first kappa shape index (κ1) is 18.4. The molecule has 0 saturated heterocycles.